The van der Waals surface area contributed by atoms with Crippen molar-refractivity contribution in [2.75, 3.05) is 0 Å². The van der Waals surface area contributed by atoms with Gasteiger partial charge in [0, 0.05) is 0 Å². The van der Waals surface area contributed by atoms with Crippen LogP contribution in [0, 0.1) is 47.3 Å². The Morgan fingerprint density at radius 3 is 1.35 bits per heavy atom. The Hall–Kier alpha value is -0.280. The molecule has 4 aliphatic carbocycles. The first-order chi connectivity index (χ1) is 17.9. The van der Waals surface area contributed by atoms with E-state index in [1.165, 1.54) is 25.7 Å². The third-order valence-corrected chi connectivity index (χ3v) is 11.6. The van der Waals surface area contributed by atoms with Crippen LogP contribution in [0.1, 0.15) is 136 Å². The normalized spacial score (nSPS) is 45.6. The van der Waals surface area contributed by atoms with Gasteiger partial charge in [0.15, 0.2) is 0 Å². The van der Waals surface area contributed by atoms with Gasteiger partial charge >= 0.3 is 0 Å². The lowest BCUT2D eigenvalue weighted by molar-refractivity contribution is -0.0205. The zero-order valence-electron chi connectivity index (χ0n) is 23.9. The quantitative estimate of drug-likeness (QED) is 0.247. The van der Waals surface area contributed by atoms with Crippen molar-refractivity contribution in [2.24, 2.45) is 47.3 Å². The molecule has 0 aromatic heterocycles. The molecule has 4 saturated carbocycles. The van der Waals surface area contributed by atoms with Crippen LogP contribution in [0.3, 0.4) is 0 Å². The fourth-order valence-corrected chi connectivity index (χ4v) is 9.18. The number of unbranched alkanes of at least 4 members (excludes halogenated alkanes) is 1. The zero-order valence-corrected chi connectivity index (χ0v) is 23.9. The minimum Gasteiger partial charge on any atom is -0.244 e. The van der Waals surface area contributed by atoms with E-state index in [1.54, 1.807) is 0 Å². The standard InChI is InChI=1S/C33H56F4/c1-3-5-7-26-18-20-28(32(36)30(26)34)25-15-10-23(11-16-25)12-17-27-19-21-29(33(37)31(27)35)24-13-8-22(6-4-2)9-14-24/h22-33H,3-21H2,1-2H3. The number of hydrogen-bond donors (Lipinski definition) is 0. The van der Waals surface area contributed by atoms with Crippen molar-refractivity contribution in [3.63, 3.8) is 0 Å². The molecule has 0 bridgehead atoms. The number of alkyl halides is 4. The van der Waals surface area contributed by atoms with Gasteiger partial charge in [-0.15, -0.1) is 0 Å². The fraction of sp³-hybridized carbons (Fsp3) is 1.00. The first kappa shape index (κ1) is 29.7. The molecule has 4 heteroatoms. The summed E-state index contributed by atoms with van der Waals surface area (Å²) in [7, 11) is 0. The molecule has 4 fully saturated rings. The average molecular weight is 529 g/mol. The van der Waals surface area contributed by atoms with Gasteiger partial charge in [0.05, 0.1) is 0 Å². The molecular formula is C33H56F4. The molecule has 0 amide bonds. The van der Waals surface area contributed by atoms with E-state index >= 15 is 13.2 Å². The minimum atomic E-state index is -1.29. The fourth-order valence-electron chi connectivity index (χ4n) is 9.18. The molecule has 8 atom stereocenters. The van der Waals surface area contributed by atoms with Gasteiger partial charge in [-0.05, 0) is 112 Å². The van der Waals surface area contributed by atoms with Crippen molar-refractivity contribution in [3.8, 4) is 0 Å². The second-order valence-electron chi connectivity index (χ2n) is 13.9. The van der Waals surface area contributed by atoms with Crippen molar-refractivity contribution in [1.29, 1.82) is 0 Å². The van der Waals surface area contributed by atoms with Crippen LogP contribution < -0.4 is 0 Å². The summed E-state index contributed by atoms with van der Waals surface area (Å²) in [6.45, 7) is 4.35. The van der Waals surface area contributed by atoms with Crippen molar-refractivity contribution in [1.82, 2.24) is 0 Å². The molecule has 0 radical (unpaired) electrons. The predicted octanol–water partition coefficient (Wildman–Crippen LogP) is 10.8. The van der Waals surface area contributed by atoms with Crippen molar-refractivity contribution < 1.29 is 17.6 Å². The van der Waals surface area contributed by atoms with E-state index in [1.807, 2.05) is 0 Å². The van der Waals surface area contributed by atoms with Crippen LogP contribution in [-0.2, 0) is 0 Å². The molecule has 8 unspecified atom stereocenters. The SMILES string of the molecule is CCCCC1CCC(C2CCC(CCC3CCC(C4CCC(CCC)CC4)C(F)C3F)CC2)C(F)C1F. The van der Waals surface area contributed by atoms with Gasteiger partial charge < -0.3 is 0 Å². The van der Waals surface area contributed by atoms with Crippen molar-refractivity contribution >= 4 is 0 Å². The Kier molecular flexibility index (Phi) is 11.5. The maximum absolute atomic E-state index is 15.3. The molecule has 0 heterocycles. The highest BCUT2D eigenvalue weighted by Crippen LogP contribution is 2.48. The van der Waals surface area contributed by atoms with E-state index in [2.05, 4.69) is 13.8 Å². The van der Waals surface area contributed by atoms with Gasteiger partial charge in [-0.1, -0.05) is 71.6 Å². The van der Waals surface area contributed by atoms with Crippen LogP contribution in [0.2, 0.25) is 0 Å². The third-order valence-electron chi connectivity index (χ3n) is 11.6. The summed E-state index contributed by atoms with van der Waals surface area (Å²) >= 11 is 0. The molecule has 0 spiro atoms. The Morgan fingerprint density at radius 2 is 0.892 bits per heavy atom. The molecule has 216 valence electrons. The van der Waals surface area contributed by atoms with E-state index < -0.39 is 24.7 Å². The monoisotopic (exact) mass is 528 g/mol. The van der Waals surface area contributed by atoms with Crippen molar-refractivity contribution in [2.45, 2.75) is 161 Å². The first-order valence-corrected chi connectivity index (χ1v) is 16.5. The maximum atomic E-state index is 15.3. The molecule has 0 N–H and O–H groups in total. The lowest BCUT2D eigenvalue weighted by Gasteiger charge is -2.42. The summed E-state index contributed by atoms with van der Waals surface area (Å²) in [4.78, 5) is 0. The molecule has 0 saturated heterocycles. The van der Waals surface area contributed by atoms with E-state index in [9.17, 15) is 4.39 Å². The molecule has 0 aromatic rings. The van der Waals surface area contributed by atoms with Gasteiger partial charge in [-0.2, -0.15) is 0 Å². The summed E-state index contributed by atoms with van der Waals surface area (Å²) in [5.41, 5.74) is 0. The topological polar surface area (TPSA) is 0 Å². The highest BCUT2D eigenvalue weighted by atomic mass is 19.2. The Bertz CT molecular complexity index is 638. The number of rotatable bonds is 10. The summed E-state index contributed by atoms with van der Waals surface area (Å²) in [5, 5.41) is 0. The minimum absolute atomic E-state index is 0.0608. The molecular weight excluding hydrogens is 472 g/mol. The van der Waals surface area contributed by atoms with Gasteiger partial charge in [0.2, 0.25) is 0 Å². The summed E-state index contributed by atoms with van der Waals surface area (Å²) in [6.07, 6.45) is 14.1. The van der Waals surface area contributed by atoms with Gasteiger partial charge in [0.25, 0.3) is 0 Å². The van der Waals surface area contributed by atoms with E-state index in [-0.39, 0.29) is 23.7 Å². The third kappa shape index (κ3) is 7.47. The molecule has 4 rings (SSSR count). The summed E-state index contributed by atoms with van der Waals surface area (Å²) in [5.74, 6) is 1.68. The lowest BCUT2D eigenvalue weighted by atomic mass is 9.65. The van der Waals surface area contributed by atoms with Crippen LogP contribution in [-0.4, -0.2) is 24.7 Å². The van der Waals surface area contributed by atoms with Crippen LogP contribution in [0.5, 0.6) is 0 Å². The predicted molar refractivity (Wildman–Crippen MR) is 147 cm³/mol. The van der Waals surface area contributed by atoms with Crippen LogP contribution >= 0.6 is 0 Å². The lowest BCUT2D eigenvalue weighted by Crippen LogP contribution is -2.42. The molecule has 4 aliphatic rings. The molecule has 37 heavy (non-hydrogen) atoms. The summed E-state index contributed by atoms with van der Waals surface area (Å²) < 4.78 is 60.3. The number of halogens is 4. The Balaban J connectivity index is 1.16. The van der Waals surface area contributed by atoms with Crippen LogP contribution in [0.4, 0.5) is 17.6 Å². The first-order valence-electron chi connectivity index (χ1n) is 16.5. The molecule has 0 aromatic carbocycles. The number of hydrogen-bond acceptors (Lipinski definition) is 0. The Labute approximate surface area is 225 Å². The highest BCUT2D eigenvalue weighted by Gasteiger charge is 2.45. The maximum Gasteiger partial charge on any atom is 0.134 e. The molecule has 0 aliphatic heterocycles. The van der Waals surface area contributed by atoms with Gasteiger partial charge in [-0.25, -0.2) is 17.6 Å². The largest absolute Gasteiger partial charge is 0.244 e. The van der Waals surface area contributed by atoms with Gasteiger partial charge in [-0.3, -0.25) is 0 Å². The van der Waals surface area contributed by atoms with Crippen LogP contribution in [0.25, 0.3) is 0 Å². The van der Waals surface area contributed by atoms with Crippen LogP contribution in [0.15, 0.2) is 0 Å². The van der Waals surface area contributed by atoms with E-state index in [4.69, 9.17) is 0 Å². The molecule has 0 nitrogen and oxygen atoms in total. The zero-order chi connectivity index (χ0) is 26.4. The summed E-state index contributed by atoms with van der Waals surface area (Å²) in [6, 6.07) is 0. The van der Waals surface area contributed by atoms with Crippen molar-refractivity contribution in [3.05, 3.63) is 0 Å². The second-order valence-corrected chi connectivity index (χ2v) is 13.9. The van der Waals surface area contributed by atoms with E-state index in [0.717, 1.165) is 102 Å². The second kappa shape index (κ2) is 14.4. The van der Waals surface area contributed by atoms with E-state index in [0.29, 0.717) is 17.8 Å². The smallest absolute Gasteiger partial charge is 0.134 e. The van der Waals surface area contributed by atoms with Gasteiger partial charge in [0.1, 0.15) is 24.7 Å². The highest BCUT2D eigenvalue weighted by molar-refractivity contribution is 4.94. The average Bonchev–Trinajstić information content (AvgIpc) is 2.92. The Morgan fingerprint density at radius 1 is 0.432 bits per heavy atom.